The number of hydrogen-bond acceptors (Lipinski definition) is 5. The lowest BCUT2D eigenvalue weighted by Gasteiger charge is -2.22. The molecular weight excluding hydrogens is 256 g/mol. The Bertz CT molecular complexity index is 434. The van der Waals surface area contributed by atoms with Gasteiger partial charge in [0.1, 0.15) is 12.7 Å². The van der Waals surface area contributed by atoms with Gasteiger partial charge >= 0.3 is 6.01 Å². The maximum atomic E-state index is 10.1. The summed E-state index contributed by atoms with van der Waals surface area (Å²) in [6, 6.07) is 2.07. The molecule has 0 aliphatic heterocycles. The zero-order chi connectivity index (χ0) is 15.0. The van der Waals surface area contributed by atoms with Crippen LogP contribution >= 0.6 is 0 Å². The molecule has 1 aromatic heterocycles. The minimum absolute atomic E-state index is 0.0711. The molecule has 5 nitrogen and oxygen atoms in total. The largest absolute Gasteiger partial charge is 0.459 e. The van der Waals surface area contributed by atoms with E-state index in [0.29, 0.717) is 12.6 Å². The number of ether oxygens (including phenoxy) is 2. The van der Waals surface area contributed by atoms with Crippen LogP contribution in [0.1, 0.15) is 13.8 Å². The smallest absolute Gasteiger partial charge is 0.316 e. The van der Waals surface area contributed by atoms with Crippen LogP contribution in [-0.4, -0.2) is 41.0 Å². The predicted octanol–water partition coefficient (Wildman–Crippen LogP) is 2.00. The van der Waals surface area contributed by atoms with Crippen molar-refractivity contribution >= 4 is 0 Å². The van der Waals surface area contributed by atoms with Crippen molar-refractivity contribution in [3.63, 3.8) is 0 Å². The van der Waals surface area contributed by atoms with Gasteiger partial charge in [-0.1, -0.05) is 19.1 Å². The van der Waals surface area contributed by atoms with Crippen LogP contribution in [0.15, 0.2) is 42.8 Å². The molecule has 0 aliphatic rings. The van der Waals surface area contributed by atoms with Gasteiger partial charge < -0.3 is 14.6 Å². The first-order valence-electron chi connectivity index (χ1n) is 6.49. The first-order chi connectivity index (χ1) is 9.58. The van der Waals surface area contributed by atoms with Crippen LogP contribution in [-0.2, 0) is 4.74 Å². The molecule has 0 amide bonds. The number of hydrogen-bond donors (Lipinski definition) is 1. The normalized spacial score (nSPS) is 16.3. The molecule has 0 fully saturated rings. The molecule has 1 N–H and O–H groups in total. The number of methoxy groups -OCH3 is 1. The lowest BCUT2D eigenvalue weighted by molar-refractivity contribution is -0.00160. The number of aliphatic hydroxyl groups is 1. The summed E-state index contributed by atoms with van der Waals surface area (Å²) in [6.07, 6.45) is 5.77. The first kappa shape index (κ1) is 16.3. The summed E-state index contributed by atoms with van der Waals surface area (Å²) in [5.41, 5.74) is 0.989. The summed E-state index contributed by atoms with van der Waals surface area (Å²) in [7, 11) is 1.55. The topological polar surface area (TPSA) is 64.5 Å². The van der Waals surface area contributed by atoms with Crippen LogP contribution in [0.4, 0.5) is 0 Å². The monoisotopic (exact) mass is 278 g/mol. The van der Waals surface area contributed by atoms with E-state index in [2.05, 4.69) is 16.5 Å². The van der Waals surface area contributed by atoms with Crippen LogP contribution in [0.25, 0.3) is 0 Å². The second-order valence-electron chi connectivity index (χ2n) is 4.62. The fourth-order valence-electron chi connectivity index (χ4n) is 1.81. The van der Waals surface area contributed by atoms with Gasteiger partial charge in [-0.15, -0.1) is 6.58 Å². The Kier molecular flexibility index (Phi) is 6.90. The molecule has 1 aromatic rings. The summed E-state index contributed by atoms with van der Waals surface area (Å²) in [6.45, 7) is 7.88. The molecule has 0 spiro atoms. The Labute approximate surface area is 120 Å². The fourth-order valence-corrected chi connectivity index (χ4v) is 1.81. The quantitative estimate of drug-likeness (QED) is 0.737. The Hall–Kier alpha value is -1.72. The van der Waals surface area contributed by atoms with E-state index in [1.807, 2.05) is 19.9 Å². The highest BCUT2D eigenvalue weighted by molar-refractivity contribution is 5.06. The van der Waals surface area contributed by atoms with E-state index in [1.165, 1.54) is 0 Å². The third kappa shape index (κ3) is 5.11. The van der Waals surface area contributed by atoms with E-state index < -0.39 is 6.10 Å². The van der Waals surface area contributed by atoms with Gasteiger partial charge in [0.25, 0.3) is 0 Å². The van der Waals surface area contributed by atoms with Gasteiger partial charge in [-0.05, 0) is 18.6 Å². The van der Waals surface area contributed by atoms with Crippen molar-refractivity contribution in [3.05, 3.63) is 42.8 Å². The third-order valence-corrected chi connectivity index (χ3v) is 2.90. The molecule has 0 aliphatic carbocycles. The first-order valence-corrected chi connectivity index (χ1v) is 6.49. The van der Waals surface area contributed by atoms with Crippen molar-refractivity contribution in [3.8, 4) is 6.01 Å². The molecule has 20 heavy (non-hydrogen) atoms. The number of aromatic nitrogens is 2. The highest BCUT2D eigenvalue weighted by Gasteiger charge is 2.20. The second kappa shape index (κ2) is 8.45. The average Bonchev–Trinajstić information content (AvgIpc) is 2.47. The zero-order valence-electron chi connectivity index (χ0n) is 12.2. The van der Waals surface area contributed by atoms with Crippen LogP contribution < -0.4 is 4.74 Å². The van der Waals surface area contributed by atoms with Crippen LogP contribution in [0, 0.1) is 5.92 Å². The minimum Gasteiger partial charge on any atom is -0.459 e. The Morgan fingerprint density at radius 2 is 2.10 bits per heavy atom. The van der Waals surface area contributed by atoms with Crippen molar-refractivity contribution in [2.75, 3.05) is 13.7 Å². The molecule has 1 heterocycles. The third-order valence-electron chi connectivity index (χ3n) is 2.90. The lowest BCUT2D eigenvalue weighted by atomic mass is 9.97. The molecule has 0 radical (unpaired) electrons. The summed E-state index contributed by atoms with van der Waals surface area (Å²) < 4.78 is 10.6. The lowest BCUT2D eigenvalue weighted by Crippen LogP contribution is -2.31. The molecule has 110 valence electrons. The van der Waals surface area contributed by atoms with Crippen LogP contribution in [0.5, 0.6) is 6.01 Å². The highest BCUT2D eigenvalue weighted by atomic mass is 16.5. The van der Waals surface area contributed by atoms with Crippen LogP contribution in [0.2, 0.25) is 0 Å². The molecule has 5 heteroatoms. The van der Waals surface area contributed by atoms with E-state index in [0.717, 1.165) is 5.57 Å². The fraction of sp³-hybridized carbons (Fsp3) is 0.467. The van der Waals surface area contributed by atoms with Crippen molar-refractivity contribution in [1.82, 2.24) is 9.97 Å². The average molecular weight is 278 g/mol. The second-order valence-corrected chi connectivity index (χ2v) is 4.62. The molecule has 0 saturated heterocycles. The van der Waals surface area contributed by atoms with Crippen molar-refractivity contribution < 1.29 is 14.6 Å². The van der Waals surface area contributed by atoms with Gasteiger partial charge in [0.2, 0.25) is 0 Å². The van der Waals surface area contributed by atoms with Crippen molar-refractivity contribution in [1.29, 1.82) is 0 Å². The van der Waals surface area contributed by atoms with E-state index >= 15 is 0 Å². The van der Waals surface area contributed by atoms with Gasteiger partial charge in [0.15, 0.2) is 0 Å². The molecule has 0 aromatic carbocycles. The molecule has 0 saturated carbocycles. The summed E-state index contributed by atoms with van der Waals surface area (Å²) >= 11 is 0. The number of rotatable bonds is 8. The Morgan fingerprint density at radius 3 is 2.65 bits per heavy atom. The van der Waals surface area contributed by atoms with Crippen LogP contribution in [0.3, 0.4) is 0 Å². The van der Waals surface area contributed by atoms with Gasteiger partial charge in [0.05, 0.1) is 6.10 Å². The van der Waals surface area contributed by atoms with E-state index in [-0.39, 0.29) is 12.0 Å². The van der Waals surface area contributed by atoms with Gasteiger partial charge in [0, 0.05) is 25.4 Å². The van der Waals surface area contributed by atoms with E-state index in [1.54, 1.807) is 31.6 Å². The highest BCUT2D eigenvalue weighted by Crippen LogP contribution is 2.14. The zero-order valence-corrected chi connectivity index (χ0v) is 12.2. The predicted molar refractivity (Wildman–Crippen MR) is 77.4 cm³/mol. The van der Waals surface area contributed by atoms with Crippen molar-refractivity contribution in [2.24, 2.45) is 5.92 Å². The summed E-state index contributed by atoms with van der Waals surface area (Å²) in [5, 5.41) is 10.1. The molecule has 0 bridgehead atoms. The van der Waals surface area contributed by atoms with E-state index in [9.17, 15) is 5.11 Å². The number of aliphatic hydroxyl groups excluding tert-OH is 1. The number of nitrogens with zero attached hydrogens (tertiary/aromatic N) is 2. The van der Waals surface area contributed by atoms with Gasteiger partial charge in [-0.3, -0.25) is 0 Å². The summed E-state index contributed by atoms with van der Waals surface area (Å²) in [4.78, 5) is 7.95. The van der Waals surface area contributed by atoms with Gasteiger partial charge in [-0.25, -0.2) is 9.97 Å². The Balaban J connectivity index is 2.53. The Morgan fingerprint density at radius 1 is 1.45 bits per heavy atom. The molecule has 3 atom stereocenters. The maximum Gasteiger partial charge on any atom is 0.316 e. The molecular formula is C15H22N2O3. The minimum atomic E-state index is -0.638. The van der Waals surface area contributed by atoms with Crippen molar-refractivity contribution in [2.45, 2.75) is 26.1 Å². The SMILES string of the molecule is C=CC(OC)C(O)C(C)/C=C(/C)COc1ncccn1. The van der Waals surface area contributed by atoms with E-state index in [4.69, 9.17) is 9.47 Å². The molecule has 1 rings (SSSR count). The molecule has 3 unspecified atom stereocenters. The van der Waals surface area contributed by atoms with Gasteiger partial charge in [-0.2, -0.15) is 0 Å². The maximum absolute atomic E-state index is 10.1. The standard InChI is InChI=1S/C15H22N2O3/c1-5-13(19-4)14(18)12(3)9-11(2)10-20-15-16-7-6-8-17-15/h5-9,12-14,18H,1,10H2,2-4H3/b11-9-. The summed E-state index contributed by atoms with van der Waals surface area (Å²) in [5.74, 6) is -0.0711.